The summed E-state index contributed by atoms with van der Waals surface area (Å²) in [5.74, 6) is -0.439. The largest absolute Gasteiger partial charge is 0.484 e. The van der Waals surface area contributed by atoms with E-state index in [1.165, 1.54) is 17.4 Å². The second-order valence-corrected chi connectivity index (χ2v) is 9.26. The summed E-state index contributed by atoms with van der Waals surface area (Å²) in [6, 6.07) is 24.3. The van der Waals surface area contributed by atoms with Crippen LogP contribution in [-0.4, -0.2) is 35.4 Å². The molecule has 1 N–H and O–H groups in total. The average molecular weight is 489 g/mol. The van der Waals surface area contributed by atoms with Gasteiger partial charge in [-0.2, -0.15) is 0 Å². The highest BCUT2D eigenvalue weighted by atomic mass is 19.1. The van der Waals surface area contributed by atoms with Gasteiger partial charge in [-0.3, -0.25) is 9.59 Å². The van der Waals surface area contributed by atoms with Crippen LogP contribution in [0.25, 0.3) is 0 Å². The zero-order valence-electron chi connectivity index (χ0n) is 20.4. The molecule has 36 heavy (non-hydrogen) atoms. The minimum absolute atomic E-state index is 0.0285. The Bertz CT molecular complexity index is 1120. The van der Waals surface area contributed by atoms with E-state index < -0.39 is 11.9 Å². The van der Waals surface area contributed by atoms with Crippen LogP contribution in [0.3, 0.4) is 0 Å². The molecule has 1 fully saturated rings. The van der Waals surface area contributed by atoms with Gasteiger partial charge in [-0.15, -0.1) is 0 Å². The maximum absolute atomic E-state index is 14.7. The number of hydrogen-bond donors (Lipinski definition) is 1. The number of hydrogen-bond acceptors (Lipinski definition) is 3. The predicted octanol–water partition coefficient (Wildman–Crippen LogP) is 5.29. The number of nitrogens with one attached hydrogen (secondary N) is 1. The van der Waals surface area contributed by atoms with Crippen molar-refractivity contribution in [2.45, 2.75) is 57.2 Å². The number of nitrogens with zero attached hydrogens (tertiary/aromatic N) is 1. The first kappa shape index (κ1) is 25.4. The second-order valence-electron chi connectivity index (χ2n) is 9.26. The molecule has 0 heterocycles. The Kier molecular flexibility index (Phi) is 9.09. The molecule has 188 valence electrons. The number of benzene rings is 3. The number of para-hydroxylation sites is 1. The molecule has 6 heteroatoms. The molecule has 2 amide bonds. The molecular weight excluding hydrogens is 455 g/mol. The molecular formula is C30H33FN2O3. The minimum atomic E-state index is -0.805. The molecule has 0 bridgehead atoms. The van der Waals surface area contributed by atoms with E-state index in [-0.39, 0.29) is 31.0 Å². The Morgan fingerprint density at radius 3 is 2.22 bits per heavy atom. The fourth-order valence-corrected chi connectivity index (χ4v) is 4.65. The Morgan fingerprint density at radius 1 is 0.889 bits per heavy atom. The summed E-state index contributed by atoms with van der Waals surface area (Å²) >= 11 is 0. The molecule has 1 saturated carbocycles. The molecule has 0 unspecified atom stereocenters. The first-order chi connectivity index (χ1) is 17.6. The Morgan fingerprint density at radius 2 is 1.53 bits per heavy atom. The molecule has 5 nitrogen and oxygen atoms in total. The van der Waals surface area contributed by atoms with Crippen LogP contribution < -0.4 is 10.1 Å². The van der Waals surface area contributed by atoms with Crippen molar-refractivity contribution in [2.75, 3.05) is 6.61 Å². The number of carbonyl (C=O) groups excluding carboxylic acids is 2. The zero-order valence-corrected chi connectivity index (χ0v) is 20.4. The van der Waals surface area contributed by atoms with Gasteiger partial charge in [0, 0.05) is 24.6 Å². The summed E-state index contributed by atoms with van der Waals surface area (Å²) in [5, 5.41) is 3.18. The standard InChI is InChI=1S/C30H33FN2O3/c31-27-19-11-10-14-24(27)21-33(29(34)22-36-26-17-8-3-9-18-26)28(20-23-12-4-1-5-13-23)30(35)32-25-15-6-2-7-16-25/h1,3-5,8-14,17-19,25,28H,2,6-7,15-16,20-22H2,(H,32,35)/t28-/m0/s1. The van der Waals surface area contributed by atoms with E-state index in [2.05, 4.69) is 5.32 Å². The summed E-state index contributed by atoms with van der Waals surface area (Å²) in [6.07, 6.45) is 5.53. The normalized spacial score (nSPS) is 14.6. The predicted molar refractivity (Wildman–Crippen MR) is 138 cm³/mol. The Hall–Kier alpha value is -3.67. The van der Waals surface area contributed by atoms with E-state index in [1.807, 2.05) is 48.5 Å². The molecule has 0 saturated heterocycles. The second kappa shape index (κ2) is 12.9. The molecule has 1 atom stereocenters. The summed E-state index contributed by atoms with van der Waals surface area (Å²) in [4.78, 5) is 28.7. The summed E-state index contributed by atoms with van der Waals surface area (Å²) in [7, 11) is 0. The van der Waals surface area contributed by atoms with Gasteiger partial charge in [0.15, 0.2) is 6.61 Å². The highest BCUT2D eigenvalue weighted by Gasteiger charge is 2.32. The van der Waals surface area contributed by atoms with Crippen molar-refractivity contribution in [2.24, 2.45) is 0 Å². The first-order valence-corrected chi connectivity index (χ1v) is 12.6. The maximum atomic E-state index is 14.7. The fraction of sp³-hybridized carbons (Fsp3) is 0.333. The molecule has 3 aromatic rings. The van der Waals surface area contributed by atoms with Crippen LogP contribution >= 0.6 is 0 Å². The van der Waals surface area contributed by atoms with E-state index >= 15 is 0 Å². The molecule has 0 radical (unpaired) electrons. The maximum Gasteiger partial charge on any atom is 0.261 e. The highest BCUT2D eigenvalue weighted by Crippen LogP contribution is 2.21. The van der Waals surface area contributed by atoms with Crippen LogP contribution in [0, 0.1) is 5.82 Å². The number of carbonyl (C=O) groups is 2. The lowest BCUT2D eigenvalue weighted by molar-refractivity contribution is -0.143. The molecule has 1 aliphatic rings. The molecule has 0 aromatic heterocycles. The summed E-state index contributed by atoms with van der Waals surface area (Å²) in [5.41, 5.74) is 1.28. The fourth-order valence-electron chi connectivity index (χ4n) is 4.65. The van der Waals surface area contributed by atoms with Crippen LogP contribution in [0.5, 0.6) is 5.75 Å². The van der Waals surface area contributed by atoms with Crippen molar-refractivity contribution in [3.05, 3.63) is 102 Å². The summed E-state index contributed by atoms with van der Waals surface area (Å²) in [6.45, 7) is -0.278. The number of amides is 2. The third-order valence-corrected chi connectivity index (χ3v) is 6.63. The zero-order chi connectivity index (χ0) is 25.2. The third kappa shape index (κ3) is 7.17. The van der Waals surface area contributed by atoms with Crippen molar-refractivity contribution in [1.29, 1.82) is 0 Å². The van der Waals surface area contributed by atoms with Crippen molar-refractivity contribution < 1.29 is 18.7 Å². The van der Waals surface area contributed by atoms with Crippen molar-refractivity contribution in [1.82, 2.24) is 10.2 Å². The lowest BCUT2D eigenvalue weighted by Gasteiger charge is -2.33. The van der Waals surface area contributed by atoms with Crippen LogP contribution in [0.4, 0.5) is 4.39 Å². The van der Waals surface area contributed by atoms with E-state index in [0.717, 1.165) is 31.2 Å². The lowest BCUT2D eigenvalue weighted by Crippen LogP contribution is -2.53. The van der Waals surface area contributed by atoms with Crippen LogP contribution in [0.2, 0.25) is 0 Å². The Labute approximate surface area is 212 Å². The SMILES string of the molecule is O=C(NC1CCCCC1)[C@H](Cc1ccccc1)N(Cc1ccccc1F)C(=O)COc1ccccc1. The topological polar surface area (TPSA) is 58.6 Å². The lowest BCUT2D eigenvalue weighted by atomic mass is 9.94. The average Bonchev–Trinajstić information content (AvgIpc) is 2.92. The van der Waals surface area contributed by atoms with Crippen LogP contribution in [0.1, 0.15) is 43.2 Å². The third-order valence-electron chi connectivity index (χ3n) is 6.63. The number of rotatable bonds is 10. The van der Waals surface area contributed by atoms with Gasteiger partial charge >= 0.3 is 0 Å². The van der Waals surface area contributed by atoms with Crippen molar-refractivity contribution in [3.8, 4) is 5.75 Å². The molecule has 1 aliphatic carbocycles. The van der Waals surface area contributed by atoms with Gasteiger partial charge in [-0.1, -0.05) is 86.0 Å². The Balaban J connectivity index is 1.61. The van der Waals surface area contributed by atoms with Gasteiger partial charge < -0.3 is 15.0 Å². The quantitative estimate of drug-likeness (QED) is 0.422. The van der Waals surface area contributed by atoms with Gasteiger partial charge in [-0.05, 0) is 36.6 Å². The van der Waals surface area contributed by atoms with Gasteiger partial charge in [0.1, 0.15) is 17.6 Å². The van der Waals surface area contributed by atoms with Crippen molar-refractivity contribution in [3.63, 3.8) is 0 Å². The molecule has 3 aromatic carbocycles. The van der Waals surface area contributed by atoms with Crippen LogP contribution in [-0.2, 0) is 22.6 Å². The summed E-state index contributed by atoms with van der Waals surface area (Å²) < 4.78 is 20.4. The van der Waals surface area contributed by atoms with Crippen LogP contribution in [0.15, 0.2) is 84.9 Å². The van der Waals surface area contributed by atoms with Gasteiger partial charge in [0.25, 0.3) is 5.91 Å². The minimum Gasteiger partial charge on any atom is -0.484 e. The van der Waals surface area contributed by atoms with E-state index in [9.17, 15) is 14.0 Å². The number of ether oxygens (including phenoxy) is 1. The van der Waals surface area contributed by atoms with E-state index in [4.69, 9.17) is 4.74 Å². The molecule has 0 aliphatic heterocycles. The highest BCUT2D eigenvalue weighted by molar-refractivity contribution is 5.88. The van der Waals surface area contributed by atoms with Gasteiger partial charge in [0.2, 0.25) is 5.91 Å². The first-order valence-electron chi connectivity index (χ1n) is 12.6. The van der Waals surface area contributed by atoms with E-state index in [1.54, 1.807) is 30.3 Å². The van der Waals surface area contributed by atoms with Gasteiger partial charge in [-0.25, -0.2) is 4.39 Å². The van der Waals surface area contributed by atoms with Gasteiger partial charge in [0.05, 0.1) is 0 Å². The molecule has 0 spiro atoms. The van der Waals surface area contributed by atoms with E-state index in [0.29, 0.717) is 17.7 Å². The smallest absolute Gasteiger partial charge is 0.261 e. The van der Waals surface area contributed by atoms with Crippen molar-refractivity contribution >= 4 is 11.8 Å². The molecule has 4 rings (SSSR count). The monoisotopic (exact) mass is 488 g/mol. The number of halogens is 1.